The summed E-state index contributed by atoms with van der Waals surface area (Å²) in [5.74, 6) is 0.0613. The van der Waals surface area contributed by atoms with Crippen molar-refractivity contribution in [3.8, 4) is 0 Å². The first-order valence-corrected chi connectivity index (χ1v) is 6.29. The van der Waals surface area contributed by atoms with Gasteiger partial charge in [-0.25, -0.2) is 0 Å². The van der Waals surface area contributed by atoms with Gasteiger partial charge in [-0.15, -0.1) is 0 Å². The topological polar surface area (TPSA) is 44.4 Å². The molecular weight excluding hydrogens is 214 g/mol. The lowest BCUT2D eigenvalue weighted by Gasteiger charge is -2.31. The number of nitrogens with zero attached hydrogens (tertiary/aromatic N) is 1. The highest BCUT2D eigenvalue weighted by Crippen LogP contribution is 2.14. The normalized spacial score (nSPS) is 12.9. The molecule has 0 aliphatic carbocycles. The maximum Gasteiger partial charge on any atom is 0.239 e. The molecule has 2 N–H and O–H groups in total. The smallest absolute Gasteiger partial charge is 0.239 e. The van der Waals surface area contributed by atoms with E-state index in [0.29, 0.717) is 6.54 Å². The predicted octanol–water partition coefficient (Wildman–Crippen LogP) is 1.08. The predicted molar refractivity (Wildman–Crippen MR) is 73.1 cm³/mol. The van der Waals surface area contributed by atoms with Gasteiger partial charge in [-0.05, 0) is 39.9 Å². The first kappa shape index (κ1) is 16.4. The molecule has 0 aromatic carbocycles. The maximum absolute atomic E-state index is 12.0. The van der Waals surface area contributed by atoms with Gasteiger partial charge in [-0.3, -0.25) is 4.79 Å². The lowest BCUT2D eigenvalue weighted by molar-refractivity contribution is -0.126. The Morgan fingerprint density at radius 1 is 1.18 bits per heavy atom. The van der Waals surface area contributed by atoms with E-state index in [4.69, 9.17) is 0 Å². The molecule has 1 amide bonds. The third-order valence-electron chi connectivity index (χ3n) is 2.66. The van der Waals surface area contributed by atoms with Gasteiger partial charge in [0, 0.05) is 13.1 Å². The van der Waals surface area contributed by atoms with Crippen molar-refractivity contribution >= 4 is 5.91 Å². The molecule has 4 nitrogen and oxygen atoms in total. The highest BCUT2D eigenvalue weighted by molar-refractivity contribution is 5.85. The average molecular weight is 243 g/mol. The van der Waals surface area contributed by atoms with Crippen LogP contribution in [0.4, 0.5) is 0 Å². The van der Waals surface area contributed by atoms with E-state index >= 15 is 0 Å². The van der Waals surface area contributed by atoms with Crippen molar-refractivity contribution in [1.29, 1.82) is 0 Å². The van der Waals surface area contributed by atoms with E-state index in [2.05, 4.69) is 29.4 Å². The summed E-state index contributed by atoms with van der Waals surface area (Å²) >= 11 is 0. The summed E-state index contributed by atoms with van der Waals surface area (Å²) < 4.78 is 0. The van der Waals surface area contributed by atoms with Crippen LogP contribution in [0.2, 0.25) is 0 Å². The fourth-order valence-electron chi connectivity index (χ4n) is 1.97. The molecule has 0 bridgehead atoms. The summed E-state index contributed by atoms with van der Waals surface area (Å²) in [6, 6.07) is 0. The quantitative estimate of drug-likeness (QED) is 0.703. The van der Waals surface area contributed by atoms with Crippen molar-refractivity contribution < 1.29 is 4.79 Å². The van der Waals surface area contributed by atoms with Crippen molar-refractivity contribution in [2.45, 2.75) is 40.2 Å². The molecule has 0 spiro atoms. The van der Waals surface area contributed by atoms with Crippen molar-refractivity contribution in [3.05, 3.63) is 0 Å². The van der Waals surface area contributed by atoms with Gasteiger partial charge in [0.25, 0.3) is 0 Å². The van der Waals surface area contributed by atoms with E-state index in [1.165, 1.54) is 0 Å². The van der Waals surface area contributed by atoms with Gasteiger partial charge >= 0.3 is 0 Å². The Hall–Kier alpha value is -0.610. The molecule has 0 rings (SSSR count). The van der Waals surface area contributed by atoms with Gasteiger partial charge in [-0.2, -0.15) is 0 Å². The number of rotatable bonds is 7. The number of nitrogens with one attached hydrogen (secondary N) is 2. The second-order valence-electron chi connectivity index (χ2n) is 6.24. The fraction of sp³-hybridized carbons (Fsp3) is 0.923. The first-order chi connectivity index (χ1) is 7.60. The standard InChI is InChI=1S/C13H29N3O/c1-8-15-13(4,5)11(17)14-9-12(2,3)10-16(6)7/h15H,8-10H2,1-7H3,(H,14,17). The van der Waals surface area contributed by atoms with Crippen LogP contribution in [0.1, 0.15) is 34.6 Å². The molecule has 4 heteroatoms. The minimum Gasteiger partial charge on any atom is -0.354 e. The van der Waals surface area contributed by atoms with Crippen LogP contribution in [0.15, 0.2) is 0 Å². The van der Waals surface area contributed by atoms with E-state index < -0.39 is 5.54 Å². The van der Waals surface area contributed by atoms with Crippen molar-refractivity contribution in [2.24, 2.45) is 5.41 Å². The van der Waals surface area contributed by atoms with Crippen molar-refractivity contribution in [1.82, 2.24) is 15.5 Å². The average Bonchev–Trinajstić information content (AvgIpc) is 2.12. The van der Waals surface area contributed by atoms with Crippen LogP contribution in [0, 0.1) is 5.41 Å². The summed E-state index contributed by atoms with van der Waals surface area (Å²) in [5, 5.41) is 6.20. The third-order valence-corrected chi connectivity index (χ3v) is 2.66. The molecule has 102 valence electrons. The molecule has 0 saturated carbocycles. The zero-order valence-corrected chi connectivity index (χ0v) is 12.5. The van der Waals surface area contributed by atoms with Crippen molar-refractivity contribution in [3.63, 3.8) is 0 Å². The third kappa shape index (κ3) is 6.64. The highest BCUT2D eigenvalue weighted by atomic mass is 16.2. The molecule has 0 fully saturated rings. The van der Waals surface area contributed by atoms with Crippen LogP contribution in [-0.4, -0.2) is 50.1 Å². The number of hydrogen-bond acceptors (Lipinski definition) is 3. The molecule has 0 saturated heterocycles. The Bertz CT molecular complexity index is 247. The van der Waals surface area contributed by atoms with Crippen LogP contribution < -0.4 is 10.6 Å². The van der Waals surface area contributed by atoms with Crippen molar-refractivity contribution in [2.75, 3.05) is 33.7 Å². The van der Waals surface area contributed by atoms with E-state index in [1.807, 2.05) is 34.9 Å². The minimum absolute atomic E-state index is 0.0613. The Kier molecular flexibility index (Phi) is 6.13. The number of carbonyl (C=O) groups excluding carboxylic acids is 1. The van der Waals surface area contributed by atoms with Crippen LogP contribution in [0.25, 0.3) is 0 Å². The Morgan fingerprint density at radius 3 is 2.12 bits per heavy atom. The lowest BCUT2D eigenvalue weighted by atomic mass is 9.92. The first-order valence-electron chi connectivity index (χ1n) is 6.29. The fourth-order valence-corrected chi connectivity index (χ4v) is 1.97. The molecule has 0 aliphatic heterocycles. The maximum atomic E-state index is 12.0. The number of carbonyl (C=O) groups is 1. The zero-order chi connectivity index (χ0) is 13.7. The van der Waals surface area contributed by atoms with E-state index in [0.717, 1.165) is 13.1 Å². The Balaban J connectivity index is 4.23. The molecule has 0 atom stereocenters. The second kappa shape index (κ2) is 6.36. The largest absolute Gasteiger partial charge is 0.354 e. The van der Waals surface area contributed by atoms with Crippen LogP contribution in [-0.2, 0) is 4.79 Å². The zero-order valence-electron chi connectivity index (χ0n) is 12.5. The monoisotopic (exact) mass is 243 g/mol. The van der Waals surface area contributed by atoms with Gasteiger partial charge in [0.05, 0.1) is 5.54 Å². The lowest BCUT2D eigenvalue weighted by Crippen LogP contribution is -2.54. The highest BCUT2D eigenvalue weighted by Gasteiger charge is 2.28. The number of hydrogen-bond donors (Lipinski definition) is 2. The summed E-state index contributed by atoms with van der Waals surface area (Å²) in [7, 11) is 4.10. The van der Waals surface area contributed by atoms with E-state index in [1.54, 1.807) is 0 Å². The molecule has 0 radical (unpaired) electrons. The molecule has 0 aromatic heterocycles. The molecule has 0 aromatic rings. The van der Waals surface area contributed by atoms with Crippen LogP contribution in [0.5, 0.6) is 0 Å². The number of amides is 1. The molecule has 0 heterocycles. The van der Waals surface area contributed by atoms with E-state index in [9.17, 15) is 4.79 Å². The summed E-state index contributed by atoms with van der Waals surface area (Å²) in [6.45, 7) is 12.6. The Labute approximate surface area is 106 Å². The molecular formula is C13H29N3O. The molecule has 17 heavy (non-hydrogen) atoms. The number of likely N-dealkylation sites (N-methyl/N-ethyl adjacent to an activating group) is 1. The second-order valence-corrected chi connectivity index (χ2v) is 6.24. The molecule has 0 unspecified atom stereocenters. The SMILES string of the molecule is CCNC(C)(C)C(=O)NCC(C)(C)CN(C)C. The summed E-state index contributed by atoms with van der Waals surface area (Å²) in [5.41, 5.74) is -0.412. The van der Waals surface area contributed by atoms with Gasteiger partial charge in [0.15, 0.2) is 0 Å². The molecule has 0 aliphatic rings. The Morgan fingerprint density at radius 2 is 1.71 bits per heavy atom. The van der Waals surface area contributed by atoms with Gasteiger partial charge < -0.3 is 15.5 Å². The van der Waals surface area contributed by atoms with Gasteiger partial charge in [0.2, 0.25) is 5.91 Å². The summed E-state index contributed by atoms with van der Waals surface area (Å²) in [4.78, 5) is 14.1. The van der Waals surface area contributed by atoms with Crippen LogP contribution in [0.3, 0.4) is 0 Å². The van der Waals surface area contributed by atoms with E-state index in [-0.39, 0.29) is 11.3 Å². The van der Waals surface area contributed by atoms with Crippen LogP contribution >= 0.6 is 0 Å². The minimum atomic E-state index is -0.497. The van der Waals surface area contributed by atoms with Gasteiger partial charge in [0.1, 0.15) is 0 Å². The summed E-state index contributed by atoms with van der Waals surface area (Å²) in [6.07, 6.45) is 0. The van der Waals surface area contributed by atoms with Gasteiger partial charge in [-0.1, -0.05) is 20.8 Å².